The Balaban J connectivity index is 2.15. The topological polar surface area (TPSA) is 54.0 Å². The number of hydrogen-bond donors (Lipinski definition) is 0. The van der Waals surface area contributed by atoms with Gasteiger partial charge in [-0.15, -0.1) is 0 Å². The smallest absolute Gasteiger partial charge is 0.175 e. The highest BCUT2D eigenvalue weighted by atomic mass is 35.5. The predicted molar refractivity (Wildman–Crippen MR) is 82.8 cm³/mol. The lowest BCUT2D eigenvalue weighted by atomic mass is 10.2. The van der Waals surface area contributed by atoms with E-state index >= 15 is 0 Å². The Bertz CT molecular complexity index is 873. The third-order valence-corrected chi connectivity index (χ3v) is 3.31. The molecule has 2 aromatic heterocycles. The molecule has 0 unspecified atom stereocenters. The number of nitrogens with zero attached hydrogens (tertiary/aromatic N) is 4. The maximum absolute atomic E-state index is 9.19. The zero-order valence-corrected chi connectivity index (χ0v) is 12.0. The molecule has 0 bridgehead atoms. The molecule has 0 amide bonds. The Morgan fingerprint density at radius 2 is 2.00 bits per heavy atom. The SMILES string of the molecule is Cc1nn2c(/C=C/c3ccccc3)cc(Cl)nc2c1C#N. The van der Waals surface area contributed by atoms with Crippen molar-refractivity contribution in [1.29, 1.82) is 5.26 Å². The van der Waals surface area contributed by atoms with Crippen LogP contribution in [-0.2, 0) is 0 Å². The van der Waals surface area contributed by atoms with Gasteiger partial charge in [0.05, 0.1) is 11.4 Å². The van der Waals surface area contributed by atoms with Gasteiger partial charge in [-0.25, -0.2) is 9.50 Å². The number of fused-ring (bicyclic) bond motifs is 1. The Kier molecular flexibility index (Phi) is 3.43. The molecule has 3 aromatic rings. The van der Waals surface area contributed by atoms with Crippen molar-refractivity contribution >= 4 is 29.4 Å². The van der Waals surface area contributed by atoms with Crippen molar-refractivity contribution in [3.05, 3.63) is 64.1 Å². The van der Waals surface area contributed by atoms with Gasteiger partial charge in [0.2, 0.25) is 0 Å². The van der Waals surface area contributed by atoms with Gasteiger partial charge in [-0.3, -0.25) is 0 Å². The van der Waals surface area contributed by atoms with E-state index in [0.717, 1.165) is 11.3 Å². The fourth-order valence-electron chi connectivity index (χ4n) is 2.11. The normalized spacial score (nSPS) is 11.1. The summed E-state index contributed by atoms with van der Waals surface area (Å²) in [6, 6.07) is 13.8. The lowest BCUT2D eigenvalue weighted by Crippen LogP contribution is -1.96. The molecule has 2 heterocycles. The maximum atomic E-state index is 9.19. The zero-order chi connectivity index (χ0) is 14.8. The van der Waals surface area contributed by atoms with Crippen molar-refractivity contribution in [2.24, 2.45) is 0 Å². The van der Waals surface area contributed by atoms with Crippen molar-refractivity contribution in [3.63, 3.8) is 0 Å². The minimum Gasteiger partial charge on any atom is -0.215 e. The van der Waals surface area contributed by atoms with Crippen LogP contribution >= 0.6 is 11.6 Å². The largest absolute Gasteiger partial charge is 0.215 e. The molecular formula is C16H11ClN4. The Morgan fingerprint density at radius 1 is 1.24 bits per heavy atom. The van der Waals surface area contributed by atoms with Crippen LogP contribution in [0.25, 0.3) is 17.8 Å². The molecule has 0 aliphatic carbocycles. The summed E-state index contributed by atoms with van der Waals surface area (Å²) in [6.45, 7) is 1.78. The van der Waals surface area contributed by atoms with E-state index in [-0.39, 0.29) is 0 Å². The van der Waals surface area contributed by atoms with E-state index in [1.54, 1.807) is 17.5 Å². The highest BCUT2D eigenvalue weighted by Crippen LogP contribution is 2.19. The van der Waals surface area contributed by atoms with E-state index in [4.69, 9.17) is 11.6 Å². The first-order valence-corrected chi connectivity index (χ1v) is 6.76. The van der Waals surface area contributed by atoms with Crippen LogP contribution in [0.2, 0.25) is 5.15 Å². The summed E-state index contributed by atoms with van der Waals surface area (Å²) in [5.41, 5.74) is 3.42. The van der Waals surface area contributed by atoms with Crippen LogP contribution in [0.4, 0.5) is 0 Å². The molecule has 0 radical (unpaired) electrons. The summed E-state index contributed by atoms with van der Waals surface area (Å²) < 4.78 is 1.64. The van der Waals surface area contributed by atoms with E-state index < -0.39 is 0 Å². The van der Waals surface area contributed by atoms with Crippen LogP contribution in [0.3, 0.4) is 0 Å². The molecule has 102 valence electrons. The van der Waals surface area contributed by atoms with Crippen LogP contribution < -0.4 is 0 Å². The molecule has 0 atom stereocenters. The Hall–Kier alpha value is -2.64. The second-order valence-electron chi connectivity index (χ2n) is 4.56. The van der Waals surface area contributed by atoms with Gasteiger partial charge in [0.25, 0.3) is 0 Å². The van der Waals surface area contributed by atoms with Gasteiger partial charge in [0.15, 0.2) is 5.65 Å². The van der Waals surface area contributed by atoms with Gasteiger partial charge in [0, 0.05) is 6.07 Å². The fraction of sp³-hybridized carbons (Fsp3) is 0.0625. The number of rotatable bonds is 2. The van der Waals surface area contributed by atoms with Crippen molar-refractivity contribution in [3.8, 4) is 6.07 Å². The summed E-state index contributed by atoms with van der Waals surface area (Å²) in [5, 5.41) is 13.9. The van der Waals surface area contributed by atoms with Gasteiger partial charge < -0.3 is 0 Å². The average molecular weight is 295 g/mol. The van der Waals surface area contributed by atoms with E-state index in [9.17, 15) is 5.26 Å². The summed E-state index contributed by atoms with van der Waals surface area (Å²) in [5.74, 6) is 0. The first-order chi connectivity index (χ1) is 10.2. The average Bonchev–Trinajstić information content (AvgIpc) is 2.81. The summed E-state index contributed by atoms with van der Waals surface area (Å²) in [7, 11) is 0. The number of nitriles is 1. The lowest BCUT2D eigenvalue weighted by Gasteiger charge is -2.00. The molecule has 0 N–H and O–H groups in total. The van der Waals surface area contributed by atoms with Crippen molar-refractivity contribution < 1.29 is 0 Å². The maximum Gasteiger partial charge on any atom is 0.175 e. The second kappa shape index (κ2) is 5.39. The Morgan fingerprint density at radius 3 is 2.71 bits per heavy atom. The van der Waals surface area contributed by atoms with Crippen LogP contribution in [0, 0.1) is 18.3 Å². The number of halogens is 1. The highest BCUT2D eigenvalue weighted by molar-refractivity contribution is 6.29. The lowest BCUT2D eigenvalue weighted by molar-refractivity contribution is 0.906. The summed E-state index contributed by atoms with van der Waals surface area (Å²) >= 11 is 6.05. The fourth-order valence-corrected chi connectivity index (χ4v) is 2.30. The summed E-state index contributed by atoms with van der Waals surface area (Å²) in [4.78, 5) is 4.19. The molecule has 0 saturated heterocycles. The van der Waals surface area contributed by atoms with Gasteiger partial charge in [-0.1, -0.05) is 48.0 Å². The molecule has 3 rings (SSSR count). The minimum atomic E-state index is 0.339. The molecule has 0 spiro atoms. The minimum absolute atomic E-state index is 0.339. The van der Waals surface area contributed by atoms with E-state index in [0.29, 0.717) is 22.1 Å². The molecule has 1 aromatic carbocycles. The molecule has 21 heavy (non-hydrogen) atoms. The molecule has 0 aliphatic heterocycles. The van der Waals surface area contributed by atoms with Crippen molar-refractivity contribution in [1.82, 2.24) is 14.6 Å². The van der Waals surface area contributed by atoms with Gasteiger partial charge in [0.1, 0.15) is 16.8 Å². The zero-order valence-electron chi connectivity index (χ0n) is 11.3. The van der Waals surface area contributed by atoms with Crippen molar-refractivity contribution in [2.45, 2.75) is 6.92 Å². The van der Waals surface area contributed by atoms with E-state index in [2.05, 4.69) is 16.2 Å². The molecule has 0 fully saturated rings. The predicted octanol–water partition coefficient (Wildman–Crippen LogP) is 3.73. The molecule has 5 heteroatoms. The van der Waals surface area contributed by atoms with Crippen LogP contribution in [0.1, 0.15) is 22.5 Å². The van der Waals surface area contributed by atoms with Gasteiger partial charge in [-0.2, -0.15) is 10.4 Å². The molecule has 4 nitrogen and oxygen atoms in total. The van der Waals surface area contributed by atoms with Crippen LogP contribution in [0.5, 0.6) is 0 Å². The number of benzene rings is 1. The number of aryl methyl sites for hydroxylation is 1. The van der Waals surface area contributed by atoms with Crippen molar-refractivity contribution in [2.75, 3.05) is 0 Å². The number of aromatic nitrogens is 3. The molecular weight excluding hydrogens is 284 g/mol. The van der Waals surface area contributed by atoms with Crippen LogP contribution in [-0.4, -0.2) is 14.6 Å². The third kappa shape index (κ3) is 2.51. The Labute approximate surface area is 126 Å². The second-order valence-corrected chi connectivity index (χ2v) is 4.94. The molecule has 0 saturated carbocycles. The first kappa shape index (κ1) is 13.3. The van der Waals surface area contributed by atoms with E-state index in [1.807, 2.05) is 42.5 Å². The quantitative estimate of drug-likeness (QED) is 0.677. The summed E-state index contributed by atoms with van der Waals surface area (Å²) in [6.07, 6.45) is 3.87. The highest BCUT2D eigenvalue weighted by Gasteiger charge is 2.13. The first-order valence-electron chi connectivity index (χ1n) is 6.38. The molecule has 0 aliphatic rings. The van der Waals surface area contributed by atoms with E-state index in [1.165, 1.54) is 0 Å². The van der Waals surface area contributed by atoms with Gasteiger partial charge >= 0.3 is 0 Å². The third-order valence-electron chi connectivity index (χ3n) is 3.12. The standard InChI is InChI=1S/C16H11ClN4/c1-11-14(10-18)16-19-15(17)9-13(21(16)20-11)8-7-12-5-3-2-4-6-12/h2-9H,1H3/b8-7+. The number of hydrogen-bond acceptors (Lipinski definition) is 3. The monoisotopic (exact) mass is 294 g/mol. The van der Waals surface area contributed by atoms with Crippen LogP contribution in [0.15, 0.2) is 36.4 Å². The van der Waals surface area contributed by atoms with Gasteiger partial charge in [-0.05, 0) is 18.6 Å².